The number of rotatable bonds is 3. The maximum atomic E-state index is 11.1. The van der Waals surface area contributed by atoms with E-state index in [-0.39, 0.29) is 5.75 Å². The number of phenols is 1. The maximum Gasteiger partial charge on any atom is 0.161 e. The molecule has 0 heterocycles. The molecule has 0 aliphatic rings. The molecule has 0 aromatic heterocycles. The second kappa shape index (κ2) is 4.92. The Balaban J connectivity index is 2.70. The minimum absolute atomic E-state index is 0.0306. The summed E-state index contributed by atoms with van der Waals surface area (Å²) in [7, 11) is 1.48. The highest BCUT2D eigenvalue weighted by molar-refractivity contribution is 5.90. The van der Waals surface area contributed by atoms with Crippen molar-refractivity contribution in [2.24, 2.45) is 0 Å². The van der Waals surface area contributed by atoms with Gasteiger partial charge >= 0.3 is 0 Å². The standard InChI is InChI=1S/C15H14O3/c1-10-5-3-4-6-12(10)13-8-15(18-2)14(17)7-11(13)9-16/h3-9,17H,1-2H3. The minimum atomic E-state index is -0.0306. The van der Waals surface area contributed by atoms with Crippen LogP contribution in [0.15, 0.2) is 36.4 Å². The minimum Gasteiger partial charge on any atom is -0.504 e. The number of aldehydes is 1. The van der Waals surface area contributed by atoms with Crippen LogP contribution < -0.4 is 4.74 Å². The predicted octanol–water partition coefficient (Wildman–Crippen LogP) is 3.19. The Morgan fingerprint density at radius 1 is 1.17 bits per heavy atom. The Bertz CT molecular complexity index is 588. The topological polar surface area (TPSA) is 46.5 Å². The van der Waals surface area contributed by atoms with Gasteiger partial charge in [-0.2, -0.15) is 0 Å². The van der Waals surface area contributed by atoms with Crippen molar-refractivity contribution in [2.75, 3.05) is 7.11 Å². The molecule has 18 heavy (non-hydrogen) atoms. The molecule has 0 spiro atoms. The van der Waals surface area contributed by atoms with E-state index in [1.54, 1.807) is 6.07 Å². The van der Waals surface area contributed by atoms with Crippen molar-refractivity contribution in [3.8, 4) is 22.6 Å². The van der Waals surface area contributed by atoms with Crippen LogP contribution in [0.3, 0.4) is 0 Å². The van der Waals surface area contributed by atoms with Gasteiger partial charge in [-0.25, -0.2) is 0 Å². The SMILES string of the molecule is COc1cc(-c2ccccc2C)c(C=O)cc1O. The van der Waals surface area contributed by atoms with Crippen LogP contribution in [0.1, 0.15) is 15.9 Å². The van der Waals surface area contributed by atoms with Crippen molar-refractivity contribution < 1.29 is 14.6 Å². The summed E-state index contributed by atoms with van der Waals surface area (Å²) in [6.07, 6.45) is 0.737. The molecule has 2 aromatic rings. The van der Waals surface area contributed by atoms with Crippen LogP contribution in [-0.2, 0) is 0 Å². The van der Waals surface area contributed by atoms with E-state index < -0.39 is 0 Å². The third kappa shape index (κ3) is 2.07. The van der Waals surface area contributed by atoms with E-state index in [0.717, 1.165) is 23.0 Å². The summed E-state index contributed by atoms with van der Waals surface area (Å²) in [4.78, 5) is 11.1. The molecule has 92 valence electrons. The van der Waals surface area contributed by atoms with E-state index in [2.05, 4.69) is 0 Å². The van der Waals surface area contributed by atoms with Gasteiger partial charge in [0.2, 0.25) is 0 Å². The second-order valence-electron chi connectivity index (χ2n) is 4.04. The largest absolute Gasteiger partial charge is 0.504 e. The average molecular weight is 242 g/mol. The first kappa shape index (κ1) is 12.2. The molecular formula is C15H14O3. The molecule has 3 heteroatoms. The molecule has 1 N–H and O–H groups in total. The maximum absolute atomic E-state index is 11.1. The molecule has 3 nitrogen and oxygen atoms in total. The molecule has 2 aromatic carbocycles. The molecule has 0 saturated heterocycles. The van der Waals surface area contributed by atoms with Gasteiger partial charge in [0.15, 0.2) is 17.8 Å². The number of aromatic hydroxyl groups is 1. The van der Waals surface area contributed by atoms with Gasteiger partial charge in [-0.3, -0.25) is 4.79 Å². The number of carbonyl (C=O) groups is 1. The highest BCUT2D eigenvalue weighted by atomic mass is 16.5. The summed E-state index contributed by atoms with van der Waals surface area (Å²) < 4.78 is 5.08. The first-order valence-corrected chi connectivity index (χ1v) is 5.59. The van der Waals surface area contributed by atoms with Crippen molar-refractivity contribution in [2.45, 2.75) is 6.92 Å². The molecule has 0 bridgehead atoms. The third-order valence-electron chi connectivity index (χ3n) is 2.91. The lowest BCUT2D eigenvalue weighted by Gasteiger charge is -2.11. The molecule has 2 rings (SSSR count). The van der Waals surface area contributed by atoms with E-state index in [1.807, 2.05) is 31.2 Å². The summed E-state index contributed by atoms with van der Waals surface area (Å²) in [6.45, 7) is 1.98. The fourth-order valence-corrected chi connectivity index (χ4v) is 1.95. The molecule has 0 radical (unpaired) electrons. The van der Waals surface area contributed by atoms with E-state index >= 15 is 0 Å². The van der Waals surface area contributed by atoms with Gasteiger partial charge in [-0.1, -0.05) is 24.3 Å². The van der Waals surface area contributed by atoms with Crippen LogP contribution in [0.2, 0.25) is 0 Å². The van der Waals surface area contributed by atoms with E-state index in [9.17, 15) is 9.90 Å². The number of phenolic OH excluding ortho intramolecular Hbond substituents is 1. The van der Waals surface area contributed by atoms with Gasteiger partial charge in [0, 0.05) is 5.56 Å². The zero-order valence-electron chi connectivity index (χ0n) is 10.3. The number of methoxy groups -OCH3 is 1. The van der Waals surface area contributed by atoms with Gasteiger partial charge in [-0.15, -0.1) is 0 Å². The van der Waals surface area contributed by atoms with Crippen molar-refractivity contribution in [1.29, 1.82) is 0 Å². The summed E-state index contributed by atoms with van der Waals surface area (Å²) in [5.41, 5.74) is 3.23. The fraction of sp³-hybridized carbons (Fsp3) is 0.133. The van der Waals surface area contributed by atoms with Crippen molar-refractivity contribution >= 4 is 6.29 Å². The molecule has 0 fully saturated rings. The van der Waals surface area contributed by atoms with Gasteiger partial charge in [0.1, 0.15) is 0 Å². The number of benzene rings is 2. The fourth-order valence-electron chi connectivity index (χ4n) is 1.95. The zero-order chi connectivity index (χ0) is 13.1. The Labute approximate surface area is 106 Å². The second-order valence-corrected chi connectivity index (χ2v) is 4.04. The molecule has 0 amide bonds. The Hall–Kier alpha value is -2.29. The lowest BCUT2D eigenvalue weighted by atomic mass is 9.96. The van der Waals surface area contributed by atoms with Gasteiger partial charge in [0.25, 0.3) is 0 Å². The molecular weight excluding hydrogens is 228 g/mol. The van der Waals surface area contributed by atoms with Crippen molar-refractivity contribution in [3.05, 3.63) is 47.5 Å². The monoisotopic (exact) mass is 242 g/mol. The first-order valence-electron chi connectivity index (χ1n) is 5.59. The predicted molar refractivity (Wildman–Crippen MR) is 70.2 cm³/mol. The quantitative estimate of drug-likeness (QED) is 0.841. The van der Waals surface area contributed by atoms with Crippen LogP contribution >= 0.6 is 0 Å². The zero-order valence-corrected chi connectivity index (χ0v) is 10.3. The Morgan fingerprint density at radius 2 is 1.89 bits per heavy atom. The van der Waals surface area contributed by atoms with Crippen LogP contribution in [-0.4, -0.2) is 18.5 Å². The van der Waals surface area contributed by atoms with Crippen LogP contribution in [0.25, 0.3) is 11.1 Å². The molecule has 0 aliphatic carbocycles. The molecule has 0 atom stereocenters. The van der Waals surface area contributed by atoms with Crippen LogP contribution in [0.5, 0.6) is 11.5 Å². The number of hydrogen-bond acceptors (Lipinski definition) is 3. The first-order chi connectivity index (χ1) is 8.67. The number of ether oxygens (including phenoxy) is 1. The van der Waals surface area contributed by atoms with E-state index in [4.69, 9.17) is 4.74 Å². The highest BCUT2D eigenvalue weighted by Crippen LogP contribution is 2.35. The molecule has 0 saturated carbocycles. The third-order valence-corrected chi connectivity index (χ3v) is 2.91. The van der Waals surface area contributed by atoms with E-state index in [1.165, 1.54) is 13.2 Å². The van der Waals surface area contributed by atoms with Crippen molar-refractivity contribution in [1.82, 2.24) is 0 Å². The summed E-state index contributed by atoms with van der Waals surface area (Å²) >= 11 is 0. The molecule has 0 aliphatic heterocycles. The normalized spacial score (nSPS) is 10.1. The lowest BCUT2D eigenvalue weighted by Crippen LogP contribution is -1.93. The van der Waals surface area contributed by atoms with Crippen LogP contribution in [0, 0.1) is 6.92 Å². The number of carbonyl (C=O) groups excluding carboxylic acids is 1. The Kier molecular flexibility index (Phi) is 3.33. The smallest absolute Gasteiger partial charge is 0.161 e. The lowest BCUT2D eigenvalue weighted by molar-refractivity contribution is 0.112. The van der Waals surface area contributed by atoms with Gasteiger partial charge in [-0.05, 0) is 35.7 Å². The number of aryl methyl sites for hydroxylation is 1. The summed E-state index contributed by atoms with van der Waals surface area (Å²) in [6, 6.07) is 10.9. The average Bonchev–Trinajstić information content (AvgIpc) is 2.39. The summed E-state index contributed by atoms with van der Waals surface area (Å²) in [5, 5.41) is 9.68. The van der Waals surface area contributed by atoms with Gasteiger partial charge in [0.05, 0.1) is 7.11 Å². The van der Waals surface area contributed by atoms with E-state index in [0.29, 0.717) is 11.3 Å². The molecule has 0 unspecified atom stereocenters. The highest BCUT2D eigenvalue weighted by Gasteiger charge is 2.12. The van der Waals surface area contributed by atoms with Crippen LogP contribution in [0.4, 0.5) is 0 Å². The number of hydrogen-bond donors (Lipinski definition) is 1. The van der Waals surface area contributed by atoms with Gasteiger partial charge < -0.3 is 9.84 Å². The summed E-state index contributed by atoms with van der Waals surface area (Å²) in [5.74, 6) is 0.329. The Morgan fingerprint density at radius 3 is 2.50 bits per heavy atom. The van der Waals surface area contributed by atoms with Crippen molar-refractivity contribution in [3.63, 3.8) is 0 Å².